The molecule has 0 spiro atoms. The van der Waals surface area contributed by atoms with Crippen LogP contribution in [0, 0.1) is 0 Å². The van der Waals surface area contributed by atoms with Gasteiger partial charge in [-0.05, 0) is 0 Å². The van der Waals surface area contributed by atoms with Crippen molar-refractivity contribution in [1.29, 1.82) is 0 Å². The Kier molecular flexibility index (Phi) is 3.60. The van der Waals surface area contributed by atoms with E-state index in [1.54, 1.807) is 19.0 Å². The molecule has 22 heavy (non-hydrogen) atoms. The summed E-state index contributed by atoms with van der Waals surface area (Å²) in [5.41, 5.74) is -0.0928. The van der Waals surface area contributed by atoms with Crippen LogP contribution in [0.25, 0.3) is 11.2 Å². The number of ether oxygens (including phenoxy) is 1. The van der Waals surface area contributed by atoms with Gasteiger partial charge in [-0.3, -0.25) is 14.3 Å². The molecule has 4 N–H and O–H groups in total. The first-order valence-corrected chi connectivity index (χ1v) is 6.70. The molecule has 2 aromatic heterocycles. The first kappa shape index (κ1) is 14.9. The molecule has 120 valence electrons. The molecule has 10 nitrogen and oxygen atoms in total. The van der Waals surface area contributed by atoms with Gasteiger partial charge in [0.2, 0.25) is 5.95 Å². The number of aromatic nitrogens is 4. The van der Waals surface area contributed by atoms with Crippen molar-refractivity contribution in [1.82, 2.24) is 19.5 Å². The van der Waals surface area contributed by atoms with Gasteiger partial charge < -0.3 is 25.0 Å². The summed E-state index contributed by atoms with van der Waals surface area (Å²) in [5.74, 6) is 0.325. The van der Waals surface area contributed by atoms with Crippen LogP contribution in [0.15, 0.2) is 11.1 Å². The van der Waals surface area contributed by atoms with Gasteiger partial charge in [-0.15, -0.1) is 0 Å². The molecule has 1 aliphatic rings. The number of aliphatic hydroxyl groups excluding tert-OH is 3. The number of hydrogen-bond donors (Lipinski definition) is 4. The van der Waals surface area contributed by atoms with Gasteiger partial charge in [0.1, 0.15) is 18.3 Å². The molecule has 0 radical (unpaired) electrons. The Morgan fingerprint density at radius 3 is 2.73 bits per heavy atom. The number of anilines is 1. The Morgan fingerprint density at radius 2 is 2.14 bits per heavy atom. The number of nitrogens with zero attached hydrogens (tertiary/aromatic N) is 4. The topological polar surface area (TPSA) is 137 Å². The summed E-state index contributed by atoms with van der Waals surface area (Å²) in [4.78, 5) is 24.5. The molecule has 1 saturated heterocycles. The monoisotopic (exact) mass is 311 g/mol. The van der Waals surface area contributed by atoms with Gasteiger partial charge in [0.25, 0.3) is 5.56 Å². The van der Waals surface area contributed by atoms with Gasteiger partial charge >= 0.3 is 0 Å². The van der Waals surface area contributed by atoms with E-state index in [9.17, 15) is 15.0 Å². The SMILES string of the molecule is CN(C)c1nc2c(ncn2C2OC(CO)C(O)C2O)c(=O)[nH]1. The van der Waals surface area contributed by atoms with Crippen molar-refractivity contribution in [2.45, 2.75) is 24.5 Å². The van der Waals surface area contributed by atoms with E-state index in [-0.39, 0.29) is 11.2 Å². The van der Waals surface area contributed by atoms with Crippen molar-refractivity contribution < 1.29 is 20.1 Å². The fourth-order valence-electron chi connectivity index (χ4n) is 2.42. The first-order valence-electron chi connectivity index (χ1n) is 6.70. The van der Waals surface area contributed by atoms with Gasteiger partial charge in [0, 0.05) is 14.1 Å². The maximum atomic E-state index is 12.0. The highest BCUT2D eigenvalue weighted by molar-refractivity contribution is 5.71. The predicted molar refractivity (Wildman–Crippen MR) is 75.5 cm³/mol. The van der Waals surface area contributed by atoms with Crippen molar-refractivity contribution in [3.8, 4) is 0 Å². The molecule has 0 amide bonds. The third-order valence-corrected chi connectivity index (χ3v) is 3.63. The van der Waals surface area contributed by atoms with E-state index in [1.807, 2.05) is 0 Å². The maximum Gasteiger partial charge on any atom is 0.280 e. The molecule has 4 atom stereocenters. The normalized spacial score (nSPS) is 28.4. The van der Waals surface area contributed by atoms with E-state index in [2.05, 4.69) is 15.0 Å². The third-order valence-electron chi connectivity index (χ3n) is 3.63. The number of nitrogens with one attached hydrogen (secondary N) is 1. The van der Waals surface area contributed by atoms with Crippen LogP contribution in [0.4, 0.5) is 5.95 Å². The molecule has 0 aliphatic carbocycles. The number of aliphatic hydroxyl groups is 3. The maximum absolute atomic E-state index is 12.0. The second-order valence-corrected chi connectivity index (χ2v) is 5.34. The molecule has 0 bridgehead atoms. The Morgan fingerprint density at radius 1 is 1.41 bits per heavy atom. The van der Waals surface area contributed by atoms with Gasteiger partial charge in [0.05, 0.1) is 12.9 Å². The minimum atomic E-state index is -1.27. The molecule has 2 aromatic rings. The second-order valence-electron chi connectivity index (χ2n) is 5.34. The largest absolute Gasteiger partial charge is 0.394 e. The number of H-pyrrole nitrogens is 1. The zero-order chi connectivity index (χ0) is 16.0. The van der Waals surface area contributed by atoms with E-state index < -0.39 is 36.7 Å². The number of aromatic amines is 1. The van der Waals surface area contributed by atoms with Crippen LogP contribution in [-0.2, 0) is 4.74 Å². The van der Waals surface area contributed by atoms with Crippen molar-refractivity contribution in [3.63, 3.8) is 0 Å². The number of hydrogen-bond acceptors (Lipinski definition) is 8. The number of imidazole rings is 1. The van der Waals surface area contributed by atoms with Crippen LogP contribution in [0.5, 0.6) is 0 Å². The quantitative estimate of drug-likeness (QED) is 0.501. The molecule has 3 heterocycles. The van der Waals surface area contributed by atoms with Crippen LogP contribution >= 0.6 is 0 Å². The smallest absolute Gasteiger partial charge is 0.280 e. The van der Waals surface area contributed by atoms with Crippen LogP contribution in [0.2, 0.25) is 0 Å². The van der Waals surface area contributed by atoms with Gasteiger partial charge in [-0.25, -0.2) is 4.98 Å². The molecule has 0 saturated carbocycles. The summed E-state index contributed by atoms with van der Waals surface area (Å²) >= 11 is 0. The molecular weight excluding hydrogens is 294 g/mol. The molecule has 1 aliphatic heterocycles. The zero-order valence-corrected chi connectivity index (χ0v) is 12.0. The molecular formula is C12H17N5O5. The average molecular weight is 311 g/mol. The average Bonchev–Trinajstić information content (AvgIpc) is 3.02. The fraction of sp³-hybridized carbons (Fsp3) is 0.583. The van der Waals surface area contributed by atoms with Crippen molar-refractivity contribution in [3.05, 3.63) is 16.7 Å². The van der Waals surface area contributed by atoms with Crippen molar-refractivity contribution >= 4 is 17.1 Å². The Hall–Kier alpha value is -2.01. The minimum Gasteiger partial charge on any atom is -0.394 e. The molecule has 1 fully saturated rings. The summed E-state index contributed by atoms with van der Waals surface area (Å²) < 4.78 is 6.81. The third kappa shape index (κ3) is 2.16. The van der Waals surface area contributed by atoms with E-state index >= 15 is 0 Å². The predicted octanol–water partition coefficient (Wildman–Crippen LogP) is -2.20. The minimum absolute atomic E-state index is 0.100. The highest BCUT2D eigenvalue weighted by Gasteiger charge is 2.44. The van der Waals surface area contributed by atoms with Crippen LogP contribution in [0.3, 0.4) is 0 Å². The summed E-state index contributed by atoms with van der Waals surface area (Å²) in [7, 11) is 3.44. The first-order chi connectivity index (χ1) is 10.4. The zero-order valence-electron chi connectivity index (χ0n) is 12.0. The lowest BCUT2D eigenvalue weighted by Gasteiger charge is -2.17. The fourth-order valence-corrected chi connectivity index (χ4v) is 2.42. The molecule has 10 heteroatoms. The van der Waals surface area contributed by atoms with Gasteiger partial charge in [-0.2, -0.15) is 4.98 Å². The lowest BCUT2D eigenvalue weighted by Crippen LogP contribution is -2.33. The van der Waals surface area contributed by atoms with Crippen LogP contribution in [0.1, 0.15) is 6.23 Å². The molecule has 0 aromatic carbocycles. The summed E-state index contributed by atoms with van der Waals surface area (Å²) in [5, 5.41) is 29.1. The van der Waals surface area contributed by atoms with Gasteiger partial charge in [0.15, 0.2) is 17.4 Å². The van der Waals surface area contributed by atoms with Crippen molar-refractivity contribution in [2.75, 3.05) is 25.6 Å². The highest BCUT2D eigenvalue weighted by Crippen LogP contribution is 2.30. The van der Waals surface area contributed by atoms with Gasteiger partial charge in [-0.1, -0.05) is 0 Å². The number of fused-ring (bicyclic) bond motifs is 1. The Labute approximate surface area is 124 Å². The van der Waals surface area contributed by atoms with Crippen LogP contribution in [-0.4, -0.2) is 73.9 Å². The van der Waals surface area contributed by atoms with Crippen molar-refractivity contribution in [2.24, 2.45) is 0 Å². The summed E-state index contributed by atoms with van der Waals surface area (Å²) in [6.07, 6.45) is -3.08. The summed E-state index contributed by atoms with van der Waals surface area (Å²) in [6, 6.07) is 0. The Bertz CT molecular complexity index is 741. The van der Waals surface area contributed by atoms with E-state index in [1.165, 1.54) is 10.9 Å². The lowest BCUT2D eigenvalue weighted by atomic mass is 10.1. The highest BCUT2D eigenvalue weighted by atomic mass is 16.6. The second kappa shape index (κ2) is 5.32. The molecule has 4 unspecified atom stereocenters. The Balaban J connectivity index is 2.10. The molecule has 3 rings (SSSR count). The van der Waals surface area contributed by atoms with E-state index in [4.69, 9.17) is 9.84 Å². The van der Waals surface area contributed by atoms with E-state index in [0.29, 0.717) is 5.95 Å². The lowest BCUT2D eigenvalue weighted by molar-refractivity contribution is -0.0511. The van der Waals surface area contributed by atoms with Crippen LogP contribution < -0.4 is 10.5 Å². The standard InChI is InChI=1S/C12H17N5O5/c1-16(2)12-14-9-6(10(21)15-12)13-4-17(9)11-8(20)7(19)5(3-18)22-11/h4-5,7-8,11,18-20H,3H2,1-2H3,(H,14,15,21). The summed E-state index contributed by atoms with van der Waals surface area (Å²) in [6.45, 7) is -0.432. The number of rotatable bonds is 3. The van der Waals surface area contributed by atoms with E-state index in [0.717, 1.165) is 0 Å².